The quantitative estimate of drug-likeness (QED) is 0.487. The molecule has 26 heavy (non-hydrogen) atoms. The Morgan fingerprint density at radius 3 is 2.35 bits per heavy atom. The van der Waals surface area contributed by atoms with Crippen molar-refractivity contribution in [3.05, 3.63) is 76.5 Å². The average molecular weight is 389 g/mol. The van der Waals surface area contributed by atoms with Crippen molar-refractivity contribution >= 4 is 35.3 Å². The highest BCUT2D eigenvalue weighted by Gasteiger charge is 2.04. The Labute approximate surface area is 160 Å². The van der Waals surface area contributed by atoms with Crippen LogP contribution in [0, 0.1) is 0 Å². The Balaban J connectivity index is 1.49. The van der Waals surface area contributed by atoms with Crippen molar-refractivity contribution in [2.75, 3.05) is 6.61 Å². The number of hydrogen-bond donors (Lipinski definition) is 1. The molecular formula is C19H14Cl2N2O3. The van der Waals surface area contributed by atoms with Gasteiger partial charge in [-0.05, 0) is 60.7 Å². The number of furan rings is 1. The summed E-state index contributed by atoms with van der Waals surface area (Å²) in [6, 6.07) is 17.6. The molecule has 0 atom stereocenters. The molecule has 3 aromatic rings. The monoisotopic (exact) mass is 388 g/mol. The Hall–Kier alpha value is -2.76. The predicted octanol–water partition coefficient (Wildman–Crippen LogP) is 4.78. The molecule has 0 aliphatic carbocycles. The summed E-state index contributed by atoms with van der Waals surface area (Å²) in [5.41, 5.74) is 3.27. The molecule has 3 rings (SSSR count). The molecule has 2 aromatic carbocycles. The Morgan fingerprint density at radius 2 is 1.65 bits per heavy atom. The first-order chi connectivity index (χ1) is 12.6. The molecule has 0 aliphatic heterocycles. The molecule has 0 fully saturated rings. The molecule has 0 saturated carbocycles. The van der Waals surface area contributed by atoms with Gasteiger partial charge >= 0.3 is 0 Å². The van der Waals surface area contributed by atoms with E-state index in [9.17, 15) is 4.79 Å². The van der Waals surface area contributed by atoms with Crippen LogP contribution in [0.15, 0.2) is 70.2 Å². The van der Waals surface area contributed by atoms with Crippen molar-refractivity contribution in [2.45, 2.75) is 0 Å². The summed E-state index contributed by atoms with van der Waals surface area (Å²) in [5.74, 6) is 1.35. The van der Waals surface area contributed by atoms with Crippen LogP contribution in [0.1, 0.15) is 5.76 Å². The fourth-order valence-electron chi connectivity index (χ4n) is 2.07. The summed E-state index contributed by atoms with van der Waals surface area (Å²) in [6.07, 6.45) is 1.42. The summed E-state index contributed by atoms with van der Waals surface area (Å²) in [6.45, 7) is -0.160. The highest BCUT2D eigenvalue weighted by atomic mass is 35.5. The number of benzene rings is 2. The van der Waals surface area contributed by atoms with E-state index in [0.717, 1.165) is 5.56 Å². The van der Waals surface area contributed by atoms with Gasteiger partial charge in [-0.25, -0.2) is 5.43 Å². The van der Waals surface area contributed by atoms with Gasteiger partial charge in [0.25, 0.3) is 5.91 Å². The van der Waals surface area contributed by atoms with Crippen molar-refractivity contribution < 1.29 is 13.9 Å². The van der Waals surface area contributed by atoms with Gasteiger partial charge in [-0.2, -0.15) is 5.10 Å². The molecule has 0 radical (unpaired) electrons. The van der Waals surface area contributed by atoms with Crippen LogP contribution in [-0.4, -0.2) is 18.7 Å². The number of rotatable bonds is 6. The van der Waals surface area contributed by atoms with Gasteiger partial charge in [0.1, 0.15) is 17.3 Å². The lowest BCUT2D eigenvalue weighted by molar-refractivity contribution is -0.123. The smallest absolute Gasteiger partial charge is 0.277 e. The SMILES string of the molecule is O=C(COc1ccc(Cl)cc1)N/N=C/c1ccc(-c2ccc(Cl)cc2)o1. The number of nitrogens with one attached hydrogen (secondary N) is 1. The molecule has 0 bridgehead atoms. The van der Waals surface area contributed by atoms with Gasteiger partial charge < -0.3 is 9.15 Å². The molecule has 0 saturated heterocycles. The molecule has 1 aromatic heterocycles. The third kappa shape index (κ3) is 5.12. The van der Waals surface area contributed by atoms with Crippen molar-refractivity contribution in [2.24, 2.45) is 5.10 Å². The summed E-state index contributed by atoms with van der Waals surface area (Å²) < 4.78 is 11.0. The molecule has 1 N–H and O–H groups in total. The largest absolute Gasteiger partial charge is 0.484 e. The standard InChI is InChI=1S/C19H14Cl2N2O3/c20-14-3-1-13(2-4-14)18-10-9-17(26-18)11-22-23-19(24)12-25-16-7-5-15(21)6-8-16/h1-11H,12H2,(H,23,24)/b22-11+. The topological polar surface area (TPSA) is 63.8 Å². The second kappa shape index (κ2) is 8.56. The van der Waals surface area contributed by atoms with Gasteiger partial charge in [-0.3, -0.25) is 4.79 Å². The first-order valence-electron chi connectivity index (χ1n) is 7.66. The number of hydrogen-bond acceptors (Lipinski definition) is 4. The minimum absolute atomic E-state index is 0.160. The first-order valence-corrected chi connectivity index (χ1v) is 8.42. The summed E-state index contributed by atoms with van der Waals surface area (Å²) in [7, 11) is 0. The highest BCUT2D eigenvalue weighted by molar-refractivity contribution is 6.30. The summed E-state index contributed by atoms with van der Waals surface area (Å²) in [5, 5.41) is 5.11. The van der Waals surface area contributed by atoms with Crippen LogP contribution in [0.4, 0.5) is 0 Å². The van der Waals surface area contributed by atoms with Gasteiger partial charge in [-0.1, -0.05) is 23.2 Å². The van der Waals surface area contributed by atoms with Gasteiger partial charge in [0.05, 0.1) is 6.21 Å². The number of ether oxygens (including phenoxy) is 1. The van der Waals surface area contributed by atoms with E-state index in [4.69, 9.17) is 32.4 Å². The molecule has 1 amide bonds. The van der Waals surface area contributed by atoms with Gasteiger partial charge in [0.15, 0.2) is 6.61 Å². The zero-order chi connectivity index (χ0) is 18.4. The number of carbonyl (C=O) groups is 1. The Bertz CT molecular complexity index is 903. The number of amides is 1. The minimum atomic E-state index is -0.388. The maximum atomic E-state index is 11.7. The number of hydrazone groups is 1. The molecule has 0 spiro atoms. The molecule has 0 unspecified atom stereocenters. The van der Waals surface area contributed by atoms with E-state index in [1.807, 2.05) is 18.2 Å². The predicted molar refractivity (Wildman–Crippen MR) is 102 cm³/mol. The first kappa shape index (κ1) is 18.0. The van der Waals surface area contributed by atoms with Crippen molar-refractivity contribution in [3.63, 3.8) is 0 Å². The molecule has 1 heterocycles. The van der Waals surface area contributed by atoms with Gasteiger partial charge in [0, 0.05) is 15.6 Å². The van der Waals surface area contributed by atoms with Crippen LogP contribution < -0.4 is 10.2 Å². The van der Waals surface area contributed by atoms with E-state index in [0.29, 0.717) is 27.3 Å². The van der Waals surface area contributed by atoms with E-state index in [1.165, 1.54) is 6.21 Å². The van der Waals surface area contributed by atoms with Crippen molar-refractivity contribution in [1.82, 2.24) is 5.43 Å². The van der Waals surface area contributed by atoms with E-state index in [-0.39, 0.29) is 12.5 Å². The second-order valence-electron chi connectivity index (χ2n) is 5.24. The van der Waals surface area contributed by atoms with E-state index < -0.39 is 0 Å². The van der Waals surface area contributed by atoms with E-state index >= 15 is 0 Å². The van der Waals surface area contributed by atoms with Crippen molar-refractivity contribution in [3.8, 4) is 17.1 Å². The van der Waals surface area contributed by atoms with Crippen LogP contribution >= 0.6 is 23.2 Å². The number of carbonyl (C=O) groups excluding carboxylic acids is 1. The molecular weight excluding hydrogens is 375 g/mol. The van der Waals surface area contributed by atoms with Crippen LogP contribution in [0.5, 0.6) is 5.75 Å². The lowest BCUT2D eigenvalue weighted by atomic mass is 10.2. The van der Waals surface area contributed by atoms with Crippen LogP contribution in [-0.2, 0) is 4.79 Å². The molecule has 132 valence electrons. The van der Waals surface area contributed by atoms with Crippen LogP contribution in [0.2, 0.25) is 10.0 Å². The zero-order valence-electron chi connectivity index (χ0n) is 13.5. The Morgan fingerprint density at radius 1 is 1.00 bits per heavy atom. The van der Waals surface area contributed by atoms with Gasteiger partial charge in [-0.15, -0.1) is 0 Å². The highest BCUT2D eigenvalue weighted by Crippen LogP contribution is 2.23. The third-order valence-corrected chi connectivity index (χ3v) is 3.82. The normalized spacial score (nSPS) is 10.8. The van der Waals surface area contributed by atoms with Gasteiger partial charge in [0.2, 0.25) is 0 Å². The minimum Gasteiger partial charge on any atom is -0.484 e. The molecule has 7 heteroatoms. The number of halogens is 2. The Kier molecular flexibility index (Phi) is 5.94. The lowest BCUT2D eigenvalue weighted by Crippen LogP contribution is -2.24. The fraction of sp³-hybridized carbons (Fsp3) is 0.0526. The lowest BCUT2D eigenvalue weighted by Gasteiger charge is -2.04. The summed E-state index contributed by atoms with van der Waals surface area (Å²) in [4.78, 5) is 11.7. The molecule has 5 nitrogen and oxygen atoms in total. The molecule has 0 aliphatic rings. The summed E-state index contributed by atoms with van der Waals surface area (Å²) >= 11 is 11.6. The van der Waals surface area contributed by atoms with Crippen LogP contribution in [0.25, 0.3) is 11.3 Å². The fourth-order valence-corrected chi connectivity index (χ4v) is 2.32. The third-order valence-electron chi connectivity index (χ3n) is 3.32. The van der Waals surface area contributed by atoms with Crippen molar-refractivity contribution in [1.29, 1.82) is 0 Å². The van der Waals surface area contributed by atoms with Crippen LogP contribution in [0.3, 0.4) is 0 Å². The maximum Gasteiger partial charge on any atom is 0.277 e. The average Bonchev–Trinajstić information content (AvgIpc) is 3.11. The number of nitrogens with zero attached hydrogens (tertiary/aromatic N) is 1. The van der Waals surface area contributed by atoms with E-state index in [1.54, 1.807) is 42.5 Å². The zero-order valence-corrected chi connectivity index (χ0v) is 15.0. The van der Waals surface area contributed by atoms with E-state index in [2.05, 4.69) is 10.5 Å². The maximum absolute atomic E-state index is 11.7. The second-order valence-corrected chi connectivity index (χ2v) is 6.12.